The van der Waals surface area contributed by atoms with Crippen molar-refractivity contribution in [1.82, 2.24) is 14.3 Å². The van der Waals surface area contributed by atoms with E-state index in [0.29, 0.717) is 22.6 Å². The highest BCUT2D eigenvalue weighted by Gasteiger charge is 2.08. The largest absolute Gasteiger partial charge is 0.497 e. The van der Waals surface area contributed by atoms with Gasteiger partial charge >= 0.3 is 6.03 Å². The average molecular weight is 453 g/mol. The van der Waals surface area contributed by atoms with E-state index in [-0.39, 0.29) is 11.6 Å². The Kier molecular flexibility index (Phi) is 6.24. The quantitative estimate of drug-likeness (QED) is 0.409. The Hall–Kier alpha value is -3.30. The molecule has 0 atom stereocenters. The summed E-state index contributed by atoms with van der Waals surface area (Å²) in [5.74, 6) is 1.16. The van der Waals surface area contributed by atoms with Crippen molar-refractivity contribution in [2.45, 2.75) is 17.6 Å². The van der Waals surface area contributed by atoms with Crippen LogP contribution in [0, 0.1) is 0 Å². The van der Waals surface area contributed by atoms with E-state index in [1.54, 1.807) is 48.9 Å². The molecule has 0 spiro atoms. The van der Waals surface area contributed by atoms with Gasteiger partial charge in [-0.05, 0) is 72.3 Å². The van der Waals surface area contributed by atoms with E-state index in [4.69, 9.17) is 4.74 Å². The molecular formula is C22H20N4O3S2. The van der Waals surface area contributed by atoms with E-state index in [0.717, 1.165) is 16.0 Å². The molecule has 7 nitrogen and oxygen atoms in total. The fourth-order valence-electron chi connectivity index (χ4n) is 2.99. The Morgan fingerprint density at radius 2 is 2.06 bits per heavy atom. The summed E-state index contributed by atoms with van der Waals surface area (Å²) in [5, 5.41) is 4.11. The molecular weight excluding hydrogens is 432 g/mol. The minimum absolute atomic E-state index is 0.176. The summed E-state index contributed by atoms with van der Waals surface area (Å²) in [7, 11) is 1.59. The third-order valence-electron chi connectivity index (χ3n) is 4.59. The van der Waals surface area contributed by atoms with Crippen molar-refractivity contribution in [3.8, 4) is 11.6 Å². The monoisotopic (exact) mass is 452 g/mol. The molecule has 4 rings (SSSR count). The second kappa shape index (κ2) is 9.23. The Morgan fingerprint density at radius 1 is 1.19 bits per heavy atom. The van der Waals surface area contributed by atoms with Gasteiger partial charge in [0, 0.05) is 16.5 Å². The second-order valence-electron chi connectivity index (χ2n) is 6.58. The number of pyridine rings is 2. The zero-order chi connectivity index (χ0) is 21.8. The summed E-state index contributed by atoms with van der Waals surface area (Å²) in [6.45, 7) is 2.10. The van der Waals surface area contributed by atoms with Crippen LogP contribution in [0.15, 0.2) is 69.9 Å². The number of methoxy groups -OCH3 is 1. The van der Waals surface area contributed by atoms with Crippen molar-refractivity contribution in [3.05, 3.63) is 76.2 Å². The van der Waals surface area contributed by atoms with Crippen LogP contribution in [0.1, 0.15) is 11.8 Å². The van der Waals surface area contributed by atoms with Crippen molar-refractivity contribution >= 4 is 45.8 Å². The molecule has 9 heteroatoms. The van der Waals surface area contributed by atoms with Gasteiger partial charge in [0.05, 0.1) is 23.2 Å². The maximum atomic E-state index is 12.8. The highest BCUT2D eigenvalue weighted by Crippen LogP contribution is 2.25. The van der Waals surface area contributed by atoms with Gasteiger partial charge in [0.25, 0.3) is 5.56 Å². The standard InChI is InChI=1S/C22H20N4O3S2/c1-3-17-6-9-20(30-17)31-25-22(28)24-15-4-8-19(23-13-15)26-11-10-14-12-16(29-2)5-7-18(14)21(26)27/h4-13H,3H2,1-2H3,(H2,24,25,28). The number of thiophene rings is 1. The average Bonchev–Trinajstić information content (AvgIpc) is 3.27. The number of nitrogens with one attached hydrogen (secondary N) is 2. The minimum Gasteiger partial charge on any atom is -0.497 e. The third kappa shape index (κ3) is 4.73. The molecule has 0 saturated heterocycles. The molecule has 158 valence electrons. The van der Waals surface area contributed by atoms with Crippen LogP contribution in [-0.4, -0.2) is 22.7 Å². The van der Waals surface area contributed by atoms with Crippen LogP contribution in [0.2, 0.25) is 0 Å². The van der Waals surface area contributed by atoms with E-state index < -0.39 is 0 Å². The van der Waals surface area contributed by atoms with Crippen LogP contribution in [0.25, 0.3) is 16.6 Å². The fourth-order valence-corrected chi connectivity index (χ4v) is 4.66. The van der Waals surface area contributed by atoms with Gasteiger partial charge in [0.15, 0.2) is 0 Å². The maximum Gasteiger partial charge on any atom is 0.329 e. The highest BCUT2D eigenvalue weighted by molar-refractivity contribution is 7.99. The van der Waals surface area contributed by atoms with E-state index >= 15 is 0 Å². The number of nitrogens with zero attached hydrogens (tertiary/aromatic N) is 2. The number of anilines is 1. The lowest BCUT2D eigenvalue weighted by Gasteiger charge is -2.09. The summed E-state index contributed by atoms with van der Waals surface area (Å²) in [5.41, 5.74) is 0.353. The molecule has 0 aliphatic carbocycles. The molecule has 0 saturated carbocycles. The van der Waals surface area contributed by atoms with E-state index in [1.165, 1.54) is 27.6 Å². The summed E-state index contributed by atoms with van der Waals surface area (Å²) in [6.07, 6.45) is 4.17. The zero-order valence-electron chi connectivity index (χ0n) is 16.9. The lowest BCUT2D eigenvalue weighted by molar-refractivity contribution is 0.257. The summed E-state index contributed by atoms with van der Waals surface area (Å²) in [6, 6.07) is 14.2. The van der Waals surface area contributed by atoms with Gasteiger partial charge < -0.3 is 10.1 Å². The Morgan fingerprint density at radius 3 is 2.77 bits per heavy atom. The summed E-state index contributed by atoms with van der Waals surface area (Å²) < 4.78 is 10.5. The summed E-state index contributed by atoms with van der Waals surface area (Å²) in [4.78, 5) is 30.6. The Labute approximate surface area is 187 Å². The molecule has 31 heavy (non-hydrogen) atoms. The number of hydrogen-bond acceptors (Lipinski definition) is 6. The number of fused-ring (bicyclic) bond motifs is 1. The van der Waals surface area contributed by atoms with Gasteiger partial charge in [-0.3, -0.25) is 14.1 Å². The van der Waals surface area contributed by atoms with Gasteiger partial charge in [0.2, 0.25) is 0 Å². The number of aromatic nitrogens is 2. The number of aryl methyl sites for hydroxylation is 1. The SMILES string of the molecule is CCc1ccc(SNC(=O)Nc2ccc(-n3ccc4cc(OC)ccc4c3=O)nc2)s1. The van der Waals surface area contributed by atoms with E-state index in [9.17, 15) is 9.59 Å². The van der Waals surface area contributed by atoms with Gasteiger partial charge in [-0.2, -0.15) is 0 Å². The van der Waals surface area contributed by atoms with Crippen LogP contribution in [-0.2, 0) is 6.42 Å². The van der Waals surface area contributed by atoms with Crippen LogP contribution in [0.3, 0.4) is 0 Å². The normalized spacial score (nSPS) is 10.8. The molecule has 0 radical (unpaired) electrons. The fraction of sp³-hybridized carbons (Fsp3) is 0.136. The van der Waals surface area contributed by atoms with Crippen LogP contribution < -0.4 is 20.3 Å². The van der Waals surface area contributed by atoms with E-state index in [2.05, 4.69) is 28.0 Å². The first-order valence-electron chi connectivity index (χ1n) is 9.56. The predicted molar refractivity (Wildman–Crippen MR) is 126 cm³/mol. The number of rotatable bonds is 6. The van der Waals surface area contributed by atoms with Crippen LogP contribution in [0.4, 0.5) is 10.5 Å². The maximum absolute atomic E-state index is 12.8. The highest BCUT2D eigenvalue weighted by atomic mass is 32.2. The molecule has 4 aromatic rings. The van der Waals surface area contributed by atoms with Gasteiger partial charge in [-0.15, -0.1) is 11.3 Å². The smallest absolute Gasteiger partial charge is 0.329 e. The topological polar surface area (TPSA) is 85.3 Å². The van der Waals surface area contributed by atoms with Gasteiger partial charge in [-0.1, -0.05) is 6.92 Å². The molecule has 2 N–H and O–H groups in total. The van der Waals surface area contributed by atoms with Crippen LogP contribution in [0.5, 0.6) is 5.75 Å². The lowest BCUT2D eigenvalue weighted by atomic mass is 10.1. The molecule has 2 amide bonds. The summed E-state index contributed by atoms with van der Waals surface area (Å²) >= 11 is 2.92. The first-order valence-corrected chi connectivity index (χ1v) is 11.2. The van der Waals surface area contributed by atoms with Crippen LogP contribution >= 0.6 is 23.3 Å². The number of hydrogen-bond donors (Lipinski definition) is 2. The van der Waals surface area contributed by atoms with E-state index in [1.807, 2.05) is 18.2 Å². The zero-order valence-corrected chi connectivity index (χ0v) is 18.5. The lowest BCUT2D eigenvalue weighted by Crippen LogP contribution is -2.23. The van der Waals surface area contributed by atoms with Crippen molar-refractivity contribution in [2.24, 2.45) is 0 Å². The minimum atomic E-state index is -0.345. The Balaban J connectivity index is 1.44. The number of benzene rings is 1. The third-order valence-corrected chi connectivity index (χ3v) is 6.74. The predicted octanol–water partition coefficient (Wildman–Crippen LogP) is 4.85. The molecule has 1 aromatic carbocycles. The van der Waals surface area contributed by atoms with Crippen molar-refractivity contribution in [1.29, 1.82) is 0 Å². The number of carbonyl (C=O) groups excluding carboxylic acids is 1. The number of carbonyl (C=O) groups is 1. The first kappa shape index (κ1) is 21.0. The van der Waals surface area contributed by atoms with Crippen molar-refractivity contribution in [3.63, 3.8) is 0 Å². The number of amides is 2. The van der Waals surface area contributed by atoms with Crippen molar-refractivity contribution < 1.29 is 9.53 Å². The molecule has 3 heterocycles. The second-order valence-corrected chi connectivity index (χ2v) is 8.86. The molecule has 0 aliphatic rings. The molecule has 0 bridgehead atoms. The number of ether oxygens (including phenoxy) is 1. The molecule has 0 fully saturated rings. The molecule has 0 unspecified atom stereocenters. The molecule has 0 aliphatic heterocycles. The Bertz CT molecular complexity index is 1280. The van der Waals surface area contributed by atoms with Crippen molar-refractivity contribution in [2.75, 3.05) is 12.4 Å². The first-order chi connectivity index (χ1) is 15.1. The van der Waals surface area contributed by atoms with Gasteiger partial charge in [-0.25, -0.2) is 9.78 Å². The molecule has 3 aromatic heterocycles. The number of urea groups is 1. The van der Waals surface area contributed by atoms with Gasteiger partial charge in [0.1, 0.15) is 11.6 Å².